The van der Waals surface area contributed by atoms with Crippen LogP contribution in [0.3, 0.4) is 0 Å². The molecule has 1 aromatic carbocycles. The summed E-state index contributed by atoms with van der Waals surface area (Å²) in [6.07, 6.45) is 3.11. The Labute approximate surface area is 118 Å². The van der Waals surface area contributed by atoms with Crippen molar-refractivity contribution < 1.29 is 9.66 Å². The van der Waals surface area contributed by atoms with E-state index in [1.54, 1.807) is 19.2 Å². The topological polar surface area (TPSA) is 76.4 Å². The Balaban J connectivity index is 2.18. The minimum absolute atomic E-state index is 0.121. The van der Waals surface area contributed by atoms with Gasteiger partial charge in [0.1, 0.15) is 11.4 Å². The van der Waals surface area contributed by atoms with E-state index in [-0.39, 0.29) is 22.8 Å². The van der Waals surface area contributed by atoms with E-state index < -0.39 is 0 Å². The molecule has 0 heterocycles. The lowest BCUT2D eigenvalue weighted by molar-refractivity contribution is -0.383. The van der Waals surface area contributed by atoms with Crippen LogP contribution in [0.2, 0.25) is 0 Å². The Morgan fingerprint density at radius 2 is 2.15 bits per heavy atom. The summed E-state index contributed by atoms with van der Waals surface area (Å²) in [5.41, 5.74) is 1.26. The van der Waals surface area contributed by atoms with Crippen LogP contribution in [0, 0.1) is 10.1 Å². The number of methoxy groups -OCH3 is 1. The van der Waals surface area contributed by atoms with Crippen molar-refractivity contribution in [1.82, 2.24) is 0 Å². The second kappa shape index (κ2) is 6.56. The van der Waals surface area contributed by atoms with Crippen molar-refractivity contribution in [3.05, 3.63) is 28.3 Å². The van der Waals surface area contributed by atoms with Gasteiger partial charge in [-0.25, -0.2) is 0 Å². The largest absolute Gasteiger partial charge is 0.381 e. The number of para-hydroxylation sites is 1. The van der Waals surface area contributed by atoms with E-state index in [0.717, 1.165) is 19.3 Å². The zero-order valence-corrected chi connectivity index (χ0v) is 11.9. The van der Waals surface area contributed by atoms with Crippen LogP contribution in [0.15, 0.2) is 18.2 Å². The highest BCUT2D eigenvalue weighted by atomic mass is 16.6. The number of hydrogen-bond acceptors (Lipinski definition) is 5. The standard InChI is InChI=1S/C14H21N3O3/c1-3-15-12-5-4-6-13(14(12)17(18)19)16-10-7-8-11(9-10)20-2/h4-6,10-11,15-16H,3,7-9H2,1-2H3. The molecule has 110 valence electrons. The Bertz CT molecular complexity index is 479. The van der Waals surface area contributed by atoms with Gasteiger partial charge in [0.2, 0.25) is 0 Å². The van der Waals surface area contributed by atoms with E-state index >= 15 is 0 Å². The number of ether oxygens (including phenoxy) is 1. The van der Waals surface area contributed by atoms with E-state index in [9.17, 15) is 10.1 Å². The molecule has 2 N–H and O–H groups in total. The third kappa shape index (κ3) is 3.19. The second-order valence-corrected chi connectivity index (χ2v) is 5.00. The summed E-state index contributed by atoms with van der Waals surface area (Å²) in [5.74, 6) is 0. The molecule has 0 saturated heterocycles. The monoisotopic (exact) mass is 279 g/mol. The molecule has 1 aromatic rings. The molecule has 6 heteroatoms. The first-order chi connectivity index (χ1) is 9.65. The molecular formula is C14H21N3O3. The molecule has 0 aromatic heterocycles. The van der Waals surface area contributed by atoms with E-state index in [2.05, 4.69) is 10.6 Å². The van der Waals surface area contributed by atoms with Gasteiger partial charge in [-0.3, -0.25) is 10.1 Å². The van der Waals surface area contributed by atoms with Gasteiger partial charge < -0.3 is 15.4 Å². The summed E-state index contributed by atoms with van der Waals surface area (Å²) in [4.78, 5) is 11.0. The molecule has 1 aliphatic carbocycles. The lowest BCUT2D eigenvalue weighted by atomic mass is 10.2. The minimum atomic E-state index is -0.330. The van der Waals surface area contributed by atoms with Gasteiger partial charge >= 0.3 is 5.69 Å². The first-order valence-corrected chi connectivity index (χ1v) is 6.96. The number of hydrogen-bond donors (Lipinski definition) is 2. The summed E-state index contributed by atoms with van der Waals surface area (Å²) in [6, 6.07) is 5.56. The fourth-order valence-electron chi connectivity index (χ4n) is 2.69. The van der Waals surface area contributed by atoms with Crippen LogP contribution < -0.4 is 10.6 Å². The average Bonchev–Trinajstić information content (AvgIpc) is 2.86. The Kier molecular flexibility index (Phi) is 4.79. The van der Waals surface area contributed by atoms with Crippen LogP contribution in [-0.4, -0.2) is 30.7 Å². The molecule has 1 fully saturated rings. The summed E-state index contributed by atoms with van der Waals surface area (Å²) < 4.78 is 5.33. The zero-order valence-electron chi connectivity index (χ0n) is 11.9. The van der Waals surface area contributed by atoms with Gasteiger partial charge in [0, 0.05) is 19.7 Å². The van der Waals surface area contributed by atoms with Crippen molar-refractivity contribution in [1.29, 1.82) is 0 Å². The number of anilines is 2. The first-order valence-electron chi connectivity index (χ1n) is 6.96. The van der Waals surface area contributed by atoms with Crippen molar-refractivity contribution >= 4 is 17.1 Å². The molecule has 2 atom stereocenters. The fourth-order valence-corrected chi connectivity index (χ4v) is 2.69. The second-order valence-electron chi connectivity index (χ2n) is 5.00. The Morgan fingerprint density at radius 3 is 2.75 bits per heavy atom. The van der Waals surface area contributed by atoms with E-state index in [1.165, 1.54) is 0 Å². The predicted octanol–water partition coefficient (Wildman–Crippen LogP) is 3.01. The van der Waals surface area contributed by atoms with Crippen molar-refractivity contribution in [2.75, 3.05) is 24.3 Å². The summed E-state index contributed by atoms with van der Waals surface area (Å²) in [6.45, 7) is 2.57. The summed E-state index contributed by atoms with van der Waals surface area (Å²) >= 11 is 0. The first kappa shape index (κ1) is 14.6. The molecule has 0 radical (unpaired) electrons. The fraction of sp³-hybridized carbons (Fsp3) is 0.571. The van der Waals surface area contributed by atoms with E-state index in [4.69, 9.17) is 4.74 Å². The lowest BCUT2D eigenvalue weighted by Gasteiger charge is -2.16. The van der Waals surface area contributed by atoms with Crippen LogP contribution in [0.1, 0.15) is 26.2 Å². The zero-order chi connectivity index (χ0) is 14.5. The normalized spacial score (nSPS) is 21.7. The van der Waals surface area contributed by atoms with E-state index in [0.29, 0.717) is 17.9 Å². The van der Waals surface area contributed by atoms with Crippen molar-refractivity contribution in [3.8, 4) is 0 Å². The third-order valence-electron chi connectivity index (χ3n) is 3.66. The molecule has 0 bridgehead atoms. The van der Waals surface area contributed by atoms with E-state index in [1.807, 2.05) is 13.0 Å². The maximum Gasteiger partial charge on any atom is 0.315 e. The van der Waals surface area contributed by atoms with Crippen molar-refractivity contribution in [2.24, 2.45) is 0 Å². The Morgan fingerprint density at radius 1 is 1.40 bits per heavy atom. The van der Waals surface area contributed by atoms with Crippen LogP contribution in [0.5, 0.6) is 0 Å². The summed E-state index contributed by atoms with van der Waals surface area (Å²) in [7, 11) is 1.71. The molecule has 0 amide bonds. The van der Waals surface area contributed by atoms with Gasteiger partial charge in [0.05, 0.1) is 11.0 Å². The van der Waals surface area contributed by atoms with Gasteiger partial charge in [-0.05, 0) is 38.3 Å². The van der Waals surface area contributed by atoms with Gasteiger partial charge in [-0.15, -0.1) is 0 Å². The SMILES string of the molecule is CCNc1cccc(NC2CCC(OC)C2)c1[N+](=O)[O-]. The number of nitro benzene ring substituents is 1. The average molecular weight is 279 g/mol. The smallest absolute Gasteiger partial charge is 0.315 e. The van der Waals surface area contributed by atoms with Crippen molar-refractivity contribution in [3.63, 3.8) is 0 Å². The highest BCUT2D eigenvalue weighted by molar-refractivity contribution is 5.76. The third-order valence-corrected chi connectivity index (χ3v) is 3.66. The van der Waals surface area contributed by atoms with Crippen molar-refractivity contribution in [2.45, 2.75) is 38.3 Å². The maximum absolute atomic E-state index is 11.3. The van der Waals surface area contributed by atoms with Crippen LogP contribution in [0.25, 0.3) is 0 Å². The number of nitro groups is 1. The molecule has 0 spiro atoms. The summed E-state index contributed by atoms with van der Waals surface area (Å²) in [5, 5.41) is 17.6. The van der Waals surface area contributed by atoms with Gasteiger partial charge in [0.15, 0.2) is 0 Å². The predicted molar refractivity (Wildman–Crippen MR) is 79.3 cm³/mol. The lowest BCUT2D eigenvalue weighted by Crippen LogP contribution is -2.18. The molecule has 0 aliphatic heterocycles. The highest BCUT2D eigenvalue weighted by Gasteiger charge is 2.27. The van der Waals surface area contributed by atoms with Crippen LogP contribution >= 0.6 is 0 Å². The van der Waals surface area contributed by atoms with Crippen LogP contribution in [-0.2, 0) is 4.74 Å². The molecule has 6 nitrogen and oxygen atoms in total. The van der Waals surface area contributed by atoms with Crippen LogP contribution in [0.4, 0.5) is 17.1 Å². The molecule has 2 rings (SSSR count). The molecule has 1 aliphatic rings. The van der Waals surface area contributed by atoms with Gasteiger partial charge in [-0.2, -0.15) is 0 Å². The number of nitrogens with zero attached hydrogens (tertiary/aromatic N) is 1. The molecular weight excluding hydrogens is 258 g/mol. The molecule has 2 unspecified atom stereocenters. The Hall–Kier alpha value is -1.82. The highest BCUT2D eigenvalue weighted by Crippen LogP contribution is 2.35. The van der Waals surface area contributed by atoms with Gasteiger partial charge in [0.25, 0.3) is 0 Å². The van der Waals surface area contributed by atoms with Gasteiger partial charge in [-0.1, -0.05) is 6.07 Å². The quantitative estimate of drug-likeness (QED) is 0.618. The number of benzene rings is 1. The maximum atomic E-state index is 11.3. The molecule has 1 saturated carbocycles. The number of rotatable bonds is 6. The minimum Gasteiger partial charge on any atom is -0.381 e. The number of nitrogens with one attached hydrogen (secondary N) is 2. The molecule has 20 heavy (non-hydrogen) atoms.